The maximum atomic E-state index is 2.44. The summed E-state index contributed by atoms with van der Waals surface area (Å²) in [5.41, 5.74) is 9.29. The van der Waals surface area contributed by atoms with Gasteiger partial charge in [-0.25, -0.2) is 0 Å². The minimum absolute atomic E-state index is 0. The zero-order valence-corrected chi connectivity index (χ0v) is 21.0. The largest absolute Gasteiger partial charge is 0.147 e. The summed E-state index contributed by atoms with van der Waals surface area (Å²) in [6.07, 6.45) is 4.88. The van der Waals surface area contributed by atoms with Crippen LogP contribution < -0.4 is 0 Å². The first kappa shape index (κ1) is 21.5. The van der Waals surface area contributed by atoms with E-state index in [-0.39, 0.29) is 24.8 Å². The minimum atomic E-state index is -2.15. The van der Waals surface area contributed by atoms with Crippen molar-refractivity contribution < 1.29 is 21.0 Å². The van der Waals surface area contributed by atoms with Crippen LogP contribution in [0, 0.1) is 0 Å². The molecule has 3 heteroatoms. The molecule has 2 aliphatic rings. The number of halogens is 2. The van der Waals surface area contributed by atoms with Crippen molar-refractivity contribution in [1.29, 1.82) is 0 Å². The van der Waals surface area contributed by atoms with Crippen LogP contribution in [0.2, 0.25) is 0 Å². The van der Waals surface area contributed by atoms with Gasteiger partial charge in [0.2, 0.25) is 0 Å². The van der Waals surface area contributed by atoms with Gasteiger partial charge in [0.15, 0.2) is 0 Å². The van der Waals surface area contributed by atoms with E-state index >= 15 is 0 Å². The van der Waals surface area contributed by atoms with Crippen LogP contribution in [-0.4, -0.2) is 3.26 Å². The summed E-state index contributed by atoms with van der Waals surface area (Å²) in [5.74, 6) is 0. The van der Waals surface area contributed by atoms with Gasteiger partial charge in [0.25, 0.3) is 0 Å². The van der Waals surface area contributed by atoms with Crippen molar-refractivity contribution in [3.05, 3.63) is 81.9 Å². The average molecular weight is 552 g/mol. The molecule has 2 aromatic carbocycles. The second kappa shape index (κ2) is 8.50. The van der Waals surface area contributed by atoms with Crippen molar-refractivity contribution in [3.63, 3.8) is 0 Å². The van der Waals surface area contributed by atoms with E-state index in [0.717, 1.165) is 0 Å². The molecule has 0 bridgehead atoms. The molecule has 0 saturated carbocycles. The summed E-state index contributed by atoms with van der Waals surface area (Å²) in [4.78, 5) is 0. The molecule has 0 heterocycles. The van der Waals surface area contributed by atoms with Gasteiger partial charge in [-0.15, -0.1) is 24.8 Å². The van der Waals surface area contributed by atoms with E-state index < -0.39 is 21.0 Å². The van der Waals surface area contributed by atoms with E-state index in [1.165, 1.54) is 11.1 Å². The number of hydrogen-bond donors (Lipinski definition) is 0. The first-order valence-corrected chi connectivity index (χ1v) is 14.7. The van der Waals surface area contributed by atoms with Crippen molar-refractivity contribution in [2.45, 2.75) is 35.0 Å². The topological polar surface area (TPSA) is 0 Å². The van der Waals surface area contributed by atoms with Gasteiger partial charge in [0.1, 0.15) is 0 Å². The quantitative estimate of drug-likeness (QED) is 0.354. The third-order valence-electron chi connectivity index (χ3n) is 5.49. The molecule has 2 aromatic rings. The third-order valence-corrected chi connectivity index (χ3v) is 19.6. The Morgan fingerprint density at radius 3 is 1.46 bits per heavy atom. The van der Waals surface area contributed by atoms with Gasteiger partial charge >= 0.3 is 153 Å². The number of allylic oxidation sites excluding steroid dienone is 2. The fourth-order valence-electron chi connectivity index (χ4n) is 4.53. The average Bonchev–Trinajstić information content (AvgIpc) is 3.05. The summed E-state index contributed by atoms with van der Waals surface area (Å²) in [5, 5.41) is 0. The van der Waals surface area contributed by atoms with Crippen LogP contribution in [0.3, 0.4) is 0 Å². The molecule has 2 aliphatic carbocycles. The fourth-order valence-corrected chi connectivity index (χ4v) is 18.3. The molecule has 0 saturated heterocycles. The van der Waals surface area contributed by atoms with E-state index in [1.807, 2.05) is 0 Å². The van der Waals surface area contributed by atoms with Crippen LogP contribution in [-0.2, 0) is 21.0 Å². The van der Waals surface area contributed by atoms with Gasteiger partial charge in [-0.1, -0.05) is 0 Å². The van der Waals surface area contributed by atoms with E-state index in [1.54, 1.807) is 25.5 Å². The monoisotopic (exact) mass is 552 g/mol. The SMILES string of the molecule is CC1=Cc2ccccc2[CH]1[Hf](=[C](C)C)[CH]1C(C)=Cc2ccccc21.Cl.Cl. The maximum Gasteiger partial charge on any atom is -0.147 e. The number of rotatable bonds is 2. The first-order chi connectivity index (χ1) is 11.6. The second-order valence-electron chi connectivity index (χ2n) is 7.36. The predicted octanol–water partition coefficient (Wildman–Crippen LogP) is 6.98. The Bertz CT molecular complexity index is 848. The van der Waals surface area contributed by atoms with Crippen LogP contribution in [0.4, 0.5) is 0 Å². The maximum absolute atomic E-state index is 2.44. The first-order valence-electron chi connectivity index (χ1n) is 8.79. The Labute approximate surface area is 177 Å². The number of hydrogen-bond acceptors (Lipinski definition) is 0. The fraction of sp³-hybridized carbons (Fsp3) is 0.261. The molecule has 2 atom stereocenters. The smallest absolute Gasteiger partial charge is 0.147 e. The molecular weight excluding hydrogens is 526 g/mol. The molecule has 2 unspecified atom stereocenters. The summed E-state index contributed by atoms with van der Waals surface area (Å²) in [7, 11) is 0. The van der Waals surface area contributed by atoms with Crippen LogP contribution in [0.5, 0.6) is 0 Å². The van der Waals surface area contributed by atoms with E-state index in [2.05, 4.69) is 88.4 Å². The van der Waals surface area contributed by atoms with Crippen molar-refractivity contribution in [1.82, 2.24) is 0 Å². The molecule has 0 aliphatic heterocycles. The Morgan fingerprint density at radius 2 is 1.08 bits per heavy atom. The zero-order valence-electron chi connectivity index (χ0n) is 15.7. The summed E-state index contributed by atoms with van der Waals surface area (Å²) >= 11 is -2.15. The number of fused-ring (bicyclic) bond motifs is 2. The van der Waals surface area contributed by atoms with Gasteiger partial charge in [0.05, 0.1) is 0 Å². The van der Waals surface area contributed by atoms with E-state index in [9.17, 15) is 0 Å². The van der Waals surface area contributed by atoms with Gasteiger partial charge in [0, 0.05) is 0 Å². The van der Waals surface area contributed by atoms with Gasteiger partial charge < -0.3 is 0 Å². The summed E-state index contributed by atoms with van der Waals surface area (Å²) in [6, 6.07) is 18.1. The Kier molecular flexibility index (Phi) is 7.04. The third kappa shape index (κ3) is 3.51. The minimum Gasteiger partial charge on any atom is -0.147 e. The Morgan fingerprint density at radius 1 is 0.692 bits per heavy atom. The van der Waals surface area contributed by atoms with Crippen LogP contribution >= 0.6 is 24.8 Å². The predicted molar refractivity (Wildman–Crippen MR) is 117 cm³/mol. The van der Waals surface area contributed by atoms with Crippen molar-refractivity contribution in [2.75, 3.05) is 0 Å². The molecule has 0 amide bonds. The van der Waals surface area contributed by atoms with Crippen molar-refractivity contribution in [2.24, 2.45) is 0 Å². The molecule has 26 heavy (non-hydrogen) atoms. The molecule has 136 valence electrons. The molecule has 4 rings (SSSR count). The number of benzene rings is 2. The second-order valence-corrected chi connectivity index (χ2v) is 18.4. The molecule has 0 nitrogen and oxygen atoms in total. The van der Waals surface area contributed by atoms with Crippen LogP contribution in [0.15, 0.2) is 59.7 Å². The van der Waals surface area contributed by atoms with Gasteiger partial charge in [-0.05, 0) is 0 Å². The van der Waals surface area contributed by atoms with E-state index in [4.69, 9.17) is 0 Å². The molecule has 0 spiro atoms. The van der Waals surface area contributed by atoms with Crippen LogP contribution in [0.25, 0.3) is 12.2 Å². The summed E-state index contributed by atoms with van der Waals surface area (Å²) < 4.78 is 3.15. The standard InChI is InChI=1S/2C10H9.C3H6.2ClH.Hf/c2*1-8-6-9-4-2-3-5-10(9)7-8;1-3-2;;;/h2*2-7H,1H3;1-2H3;2*1H;. The van der Waals surface area contributed by atoms with Gasteiger partial charge in [-0.2, -0.15) is 0 Å². The molecule has 0 radical (unpaired) electrons. The van der Waals surface area contributed by atoms with Gasteiger partial charge in [-0.3, -0.25) is 0 Å². The normalized spacial score (nSPS) is 19.4. The Hall–Kier alpha value is -0.760. The molecule has 0 N–H and O–H groups in total. The Balaban J connectivity index is 0.00000121. The molecule has 0 fully saturated rings. The van der Waals surface area contributed by atoms with E-state index in [0.29, 0.717) is 7.35 Å². The molecule has 0 aromatic heterocycles. The summed E-state index contributed by atoms with van der Waals surface area (Å²) in [6.45, 7) is 9.53. The molecular formula is C23H26Cl2Hf. The zero-order chi connectivity index (χ0) is 16.8. The van der Waals surface area contributed by atoms with Crippen molar-refractivity contribution >= 4 is 40.2 Å². The van der Waals surface area contributed by atoms with Crippen molar-refractivity contribution in [3.8, 4) is 0 Å². The van der Waals surface area contributed by atoms with Crippen LogP contribution in [0.1, 0.15) is 57.3 Å².